The molecule has 28 heavy (non-hydrogen) atoms. The predicted molar refractivity (Wildman–Crippen MR) is 115 cm³/mol. The third-order valence-corrected chi connectivity index (χ3v) is 6.48. The number of nitrogens with zero attached hydrogens (tertiary/aromatic N) is 2. The summed E-state index contributed by atoms with van der Waals surface area (Å²) in [4.78, 5) is 24.0. The van der Waals surface area contributed by atoms with E-state index in [-0.39, 0.29) is 5.56 Å². The first-order valence-corrected chi connectivity index (χ1v) is 10.4. The maximum Gasteiger partial charge on any atom is 0.254 e. The Hall–Kier alpha value is -2.47. The largest absolute Gasteiger partial charge is 0.306 e. The zero-order valence-corrected chi connectivity index (χ0v) is 16.7. The molecule has 0 aliphatic carbocycles. The second-order valence-electron chi connectivity index (χ2n) is 7.06. The molecule has 1 aliphatic heterocycles. The van der Waals surface area contributed by atoms with E-state index in [0.717, 1.165) is 36.3 Å². The van der Waals surface area contributed by atoms with Crippen molar-refractivity contribution in [2.24, 2.45) is 0 Å². The third kappa shape index (κ3) is 3.37. The smallest absolute Gasteiger partial charge is 0.254 e. The van der Waals surface area contributed by atoms with Crippen LogP contribution in [0.3, 0.4) is 0 Å². The Morgan fingerprint density at radius 3 is 2.79 bits per heavy atom. The summed E-state index contributed by atoms with van der Waals surface area (Å²) in [6.45, 7) is 2.43. The molecule has 0 spiro atoms. The summed E-state index contributed by atoms with van der Waals surface area (Å²) in [7, 11) is 0. The van der Waals surface area contributed by atoms with E-state index >= 15 is 0 Å². The first kappa shape index (κ1) is 17.6. The van der Waals surface area contributed by atoms with E-state index in [2.05, 4.69) is 40.2 Å². The summed E-state index contributed by atoms with van der Waals surface area (Å²) in [6.07, 6.45) is 0.726. The Balaban J connectivity index is 1.42. The third-order valence-electron chi connectivity index (χ3n) is 5.13. The lowest BCUT2D eigenvalue weighted by Crippen LogP contribution is -2.34. The van der Waals surface area contributed by atoms with Gasteiger partial charge in [0.15, 0.2) is 0 Å². The number of H-pyrrole nitrogens is 1. The minimum atomic E-state index is -0.0311. The van der Waals surface area contributed by atoms with Gasteiger partial charge in [0.1, 0.15) is 5.82 Å². The van der Waals surface area contributed by atoms with E-state index < -0.39 is 0 Å². The molecule has 0 saturated carbocycles. The van der Waals surface area contributed by atoms with Crippen molar-refractivity contribution in [3.8, 4) is 11.4 Å². The number of aromatic nitrogens is 2. The molecule has 4 aromatic rings. The van der Waals surface area contributed by atoms with E-state index in [1.54, 1.807) is 0 Å². The monoisotopic (exact) mass is 407 g/mol. The van der Waals surface area contributed by atoms with Crippen LogP contribution in [-0.2, 0) is 19.5 Å². The van der Waals surface area contributed by atoms with Crippen LogP contribution >= 0.6 is 22.9 Å². The Morgan fingerprint density at radius 2 is 1.96 bits per heavy atom. The lowest BCUT2D eigenvalue weighted by molar-refractivity contribution is 0.243. The average Bonchev–Trinajstić information content (AvgIpc) is 3.10. The van der Waals surface area contributed by atoms with Gasteiger partial charge in [-0.05, 0) is 48.2 Å². The van der Waals surface area contributed by atoms with Crippen molar-refractivity contribution in [1.29, 1.82) is 0 Å². The van der Waals surface area contributed by atoms with Gasteiger partial charge in [0.2, 0.25) is 0 Å². The number of thiophene rings is 1. The topological polar surface area (TPSA) is 49.0 Å². The molecule has 1 N–H and O–H groups in total. The fourth-order valence-electron chi connectivity index (χ4n) is 3.71. The highest BCUT2D eigenvalue weighted by Crippen LogP contribution is 2.28. The first-order chi connectivity index (χ1) is 13.7. The molecule has 0 amide bonds. The molecule has 6 heteroatoms. The Labute approximate surface area is 171 Å². The quantitative estimate of drug-likeness (QED) is 0.527. The number of hydrogen-bond acceptors (Lipinski definition) is 4. The van der Waals surface area contributed by atoms with Crippen molar-refractivity contribution in [1.82, 2.24) is 14.9 Å². The van der Waals surface area contributed by atoms with Gasteiger partial charge in [-0.15, -0.1) is 11.3 Å². The van der Waals surface area contributed by atoms with Crippen LogP contribution in [0, 0.1) is 0 Å². The fourth-order valence-corrected chi connectivity index (χ4v) is 4.94. The van der Waals surface area contributed by atoms with Crippen LogP contribution in [0.25, 0.3) is 21.5 Å². The van der Waals surface area contributed by atoms with Gasteiger partial charge in [0.25, 0.3) is 5.56 Å². The molecule has 0 bridgehead atoms. The predicted octanol–water partition coefficient (Wildman–Crippen LogP) is 4.86. The molecule has 0 atom stereocenters. The van der Waals surface area contributed by atoms with Crippen LogP contribution < -0.4 is 5.56 Å². The summed E-state index contributed by atoms with van der Waals surface area (Å²) in [6, 6.07) is 18.1. The number of benzene rings is 2. The summed E-state index contributed by atoms with van der Waals surface area (Å²) in [5.41, 5.74) is 2.52. The number of nitrogens with one attached hydrogen (secondary N) is 1. The molecule has 4 nitrogen and oxygen atoms in total. The van der Waals surface area contributed by atoms with Crippen molar-refractivity contribution in [2.45, 2.75) is 19.5 Å². The van der Waals surface area contributed by atoms with Gasteiger partial charge in [-0.3, -0.25) is 9.69 Å². The molecule has 5 rings (SSSR count). The van der Waals surface area contributed by atoms with Crippen LogP contribution in [0.5, 0.6) is 0 Å². The van der Waals surface area contributed by atoms with Crippen molar-refractivity contribution < 1.29 is 0 Å². The molecule has 1 aliphatic rings. The molecule has 2 aromatic heterocycles. The maximum absolute atomic E-state index is 12.6. The summed E-state index contributed by atoms with van der Waals surface area (Å²) in [5.74, 6) is 0.601. The minimum Gasteiger partial charge on any atom is -0.306 e. The van der Waals surface area contributed by atoms with Crippen LogP contribution in [0.1, 0.15) is 16.1 Å². The average molecular weight is 408 g/mol. The molecule has 140 valence electrons. The van der Waals surface area contributed by atoms with Crippen LogP contribution in [0.15, 0.2) is 59.4 Å². The number of halogens is 1. The Kier molecular flexibility index (Phi) is 4.51. The van der Waals surface area contributed by atoms with Crippen molar-refractivity contribution in [3.63, 3.8) is 0 Å². The molecule has 0 fully saturated rings. The zero-order chi connectivity index (χ0) is 19.1. The Morgan fingerprint density at radius 1 is 1.14 bits per heavy atom. The first-order valence-electron chi connectivity index (χ1n) is 9.23. The summed E-state index contributed by atoms with van der Waals surface area (Å²) >= 11 is 7.81. The van der Waals surface area contributed by atoms with Crippen molar-refractivity contribution >= 4 is 33.0 Å². The normalized spacial score (nSPS) is 14.3. The molecular formula is C22H18ClN3OS. The van der Waals surface area contributed by atoms with Gasteiger partial charge in [-0.1, -0.05) is 29.8 Å². The van der Waals surface area contributed by atoms with Crippen LogP contribution in [0.4, 0.5) is 0 Å². The van der Waals surface area contributed by atoms with Crippen LogP contribution in [-0.4, -0.2) is 21.4 Å². The van der Waals surface area contributed by atoms with E-state index in [1.807, 2.05) is 35.6 Å². The molecule has 0 radical (unpaired) electrons. The second kappa shape index (κ2) is 7.17. The van der Waals surface area contributed by atoms with E-state index in [9.17, 15) is 4.79 Å². The standard InChI is InChI=1S/C22H18ClN3OS/c23-16-7-5-14(6-8-16)21-24-19-13-26(10-9-18(19)22(27)25-21)12-17-11-15-3-1-2-4-20(15)28-17/h1-8,11H,9-10,12-13H2,(H,24,25,27). The van der Waals surface area contributed by atoms with Crippen molar-refractivity contribution in [2.75, 3.05) is 6.54 Å². The highest BCUT2D eigenvalue weighted by Gasteiger charge is 2.22. The van der Waals surface area contributed by atoms with Gasteiger partial charge < -0.3 is 4.98 Å². The SMILES string of the molecule is O=c1[nH]c(-c2ccc(Cl)cc2)nc2c1CCN(Cc1cc3ccccc3s1)C2. The van der Waals surface area contributed by atoms with Crippen molar-refractivity contribution in [3.05, 3.63) is 86.1 Å². The second-order valence-corrected chi connectivity index (χ2v) is 8.66. The van der Waals surface area contributed by atoms with Gasteiger partial charge >= 0.3 is 0 Å². The number of rotatable bonds is 3. The highest BCUT2D eigenvalue weighted by atomic mass is 35.5. The van der Waals surface area contributed by atoms with E-state index in [0.29, 0.717) is 17.4 Å². The lowest BCUT2D eigenvalue weighted by atomic mass is 10.1. The maximum atomic E-state index is 12.6. The Bertz CT molecular complexity index is 1180. The van der Waals surface area contributed by atoms with Gasteiger partial charge in [-0.25, -0.2) is 4.98 Å². The molecule has 0 unspecified atom stereocenters. The summed E-state index contributed by atoms with van der Waals surface area (Å²) < 4.78 is 1.31. The van der Waals surface area contributed by atoms with Gasteiger partial charge in [0, 0.05) is 45.4 Å². The molecule has 0 saturated heterocycles. The number of aromatic amines is 1. The molecular weight excluding hydrogens is 390 g/mol. The highest BCUT2D eigenvalue weighted by molar-refractivity contribution is 7.19. The number of hydrogen-bond donors (Lipinski definition) is 1. The molecule has 3 heterocycles. The van der Waals surface area contributed by atoms with Gasteiger partial charge in [-0.2, -0.15) is 0 Å². The minimum absolute atomic E-state index is 0.0311. The number of fused-ring (bicyclic) bond motifs is 2. The van der Waals surface area contributed by atoms with E-state index in [4.69, 9.17) is 16.6 Å². The zero-order valence-electron chi connectivity index (χ0n) is 15.1. The fraction of sp³-hybridized carbons (Fsp3) is 0.182. The van der Waals surface area contributed by atoms with Gasteiger partial charge in [0.05, 0.1) is 5.69 Å². The van der Waals surface area contributed by atoms with Crippen LogP contribution in [0.2, 0.25) is 5.02 Å². The van der Waals surface area contributed by atoms with E-state index in [1.165, 1.54) is 15.0 Å². The molecule has 2 aromatic carbocycles. The summed E-state index contributed by atoms with van der Waals surface area (Å²) in [5, 5.41) is 1.96. The lowest BCUT2D eigenvalue weighted by Gasteiger charge is -2.27.